The lowest BCUT2D eigenvalue weighted by Crippen LogP contribution is -2.64. The number of esters is 1. The first-order valence-electron chi connectivity index (χ1n) is 15.9. The van der Waals surface area contributed by atoms with E-state index in [1.54, 1.807) is 0 Å². The van der Waals surface area contributed by atoms with Gasteiger partial charge in [-0.05, 0) is 35.9 Å². The van der Waals surface area contributed by atoms with Crippen LogP contribution in [-0.2, 0) is 23.7 Å². The predicted octanol–water partition coefficient (Wildman–Crippen LogP) is 0.521. The smallest absolute Gasteiger partial charge is 0.402 e. The summed E-state index contributed by atoms with van der Waals surface area (Å²) < 4.78 is 34.4. The number of aromatic hydroxyl groups is 6. The van der Waals surface area contributed by atoms with Gasteiger partial charge in [0.05, 0.1) is 18.2 Å². The quantitative estimate of drug-likeness (QED) is 0.0482. The van der Waals surface area contributed by atoms with E-state index in [1.165, 1.54) is 42.5 Å². The molecule has 3 heterocycles. The molecule has 53 heavy (non-hydrogen) atoms. The highest BCUT2D eigenvalue weighted by Crippen LogP contribution is 2.42. The first kappa shape index (κ1) is 37.3. The van der Waals surface area contributed by atoms with Gasteiger partial charge < -0.3 is 79.9 Å². The van der Waals surface area contributed by atoms with Crippen molar-refractivity contribution in [3.8, 4) is 51.6 Å². The number of carbonyl (C=O) groups excluding carboxylic acids is 1. The molecule has 0 bridgehead atoms. The topological polar surface area (TPSA) is 297 Å². The van der Waals surface area contributed by atoms with Crippen LogP contribution in [0, 0.1) is 0 Å². The number of hydrogen-bond acceptors (Lipinski definition) is 17. The molecule has 2 saturated heterocycles. The molecule has 11 N–H and O–H groups in total. The number of ether oxygens (including phenoxy) is 5. The lowest BCUT2D eigenvalue weighted by Gasteiger charge is -2.44. The highest BCUT2D eigenvalue weighted by atomic mass is 16.8. The number of rotatable bonds is 9. The Labute approximate surface area is 298 Å². The van der Waals surface area contributed by atoms with Crippen molar-refractivity contribution in [1.29, 1.82) is 0 Å². The number of benzene rings is 3. The summed E-state index contributed by atoms with van der Waals surface area (Å²) >= 11 is 0. The van der Waals surface area contributed by atoms with Crippen LogP contribution in [0.15, 0.2) is 65.1 Å². The average Bonchev–Trinajstić information content (AvgIpc) is 3.12. The zero-order valence-corrected chi connectivity index (χ0v) is 27.2. The molecule has 1 aromatic heterocycles. The number of aliphatic hydroxyl groups excluding tert-OH is 5. The molecule has 0 unspecified atom stereocenters. The second kappa shape index (κ2) is 15.3. The Kier molecular flexibility index (Phi) is 10.8. The minimum absolute atomic E-state index is 0.000715. The molecule has 18 nitrogen and oxygen atoms in total. The second-order valence-corrected chi connectivity index (χ2v) is 12.2. The fourth-order valence-corrected chi connectivity index (χ4v) is 5.62. The van der Waals surface area contributed by atoms with Crippen molar-refractivity contribution >= 4 is 23.0 Å². The molecule has 0 saturated carbocycles. The van der Waals surface area contributed by atoms with Crippen LogP contribution in [0.5, 0.6) is 40.2 Å². The zero-order chi connectivity index (χ0) is 38.1. The summed E-state index contributed by atoms with van der Waals surface area (Å²) in [6.45, 7) is -1.16. The summed E-state index contributed by atoms with van der Waals surface area (Å²) in [4.78, 5) is 12.6. The van der Waals surface area contributed by atoms with Crippen molar-refractivity contribution in [3.63, 3.8) is 0 Å². The fraction of sp³-hybridized carbons (Fsp3) is 0.314. The van der Waals surface area contributed by atoms with Gasteiger partial charge in [0.2, 0.25) is 12.0 Å². The monoisotopic (exact) mass is 743 g/mol. The van der Waals surface area contributed by atoms with Gasteiger partial charge >= 0.3 is 17.3 Å². The van der Waals surface area contributed by atoms with Crippen LogP contribution in [0.3, 0.4) is 0 Å². The van der Waals surface area contributed by atoms with E-state index in [0.717, 1.165) is 24.3 Å². The van der Waals surface area contributed by atoms with Crippen LogP contribution in [0.4, 0.5) is 0 Å². The molecule has 6 rings (SSSR count). The van der Waals surface area contributed by atoms with Crippen molar-refractivity contribution in [2.75, 3.05) is 13.2 Å². The van der Waals surface area contributed by atoms with E-state index in [0.29, 0.717) is 5.56 Å². The Bertz CT molecular complexity index is 2000. The maximum Gasteiger partial charge on any atom is 0.402 e. The SMILES string of the molecule is O=C(/C=C/c1ccc(O)c(O)c1)OC[C@H]1O[C@@H](Oc2cc3c(O)cc(O)cc3[o+]c2-c2ccc(O)c(O)c2)[C@H](O[C@@H]2OC[C@@H](O)[C@H](O)[C@H]2O)[C@@H](O)[C@H]1O. The fourth-order valence-electron chi connectivity index (χ4n) is 5.62. The summed E-state index contributed by atoms with van der Waals surface area (Å²) in [5, 5.41) is 113. The molecule has 2 aliphatic heterocycles. The van der Waals surface area contributed by atoms with Gasteiger partial charge in [-0.15, -0.1) is 0 Å². The van der Waals surface area contributed by atoms with E-state index < -0.39 is 97.5 Å². The Hall–Kier alpha value is -5.44. The van der Waals surface area contributed by atoms with Crippen LogP contribution in [-0.4, -0.2) is 131 Å². The Balaban J connectivity index is 1.33. The van der Waals surface area contributed by atoms with Gasteiger partial charge in [-0.2, -0.15) is 0 Å². The van der Waals surface area contributed by atoms with Gasteiger partial charge in [0, 0.05) is 24.3 Å². The average molecular weight is 744 g/mol. The van der Waals surface area contributed by atoms with Crippen molar-refractivity contribution in [2.45, 2.75) is 55.3 Å². The molecule has 282 valence electrons. The maximum absolute atomic E-state index is 12.6. The van der Waals surface area contributed by atoms with E-state index in [-0.39, 0.29) is 39.5 Å². The van der Waals surface area contributed by atoms with Gasteiger partial charge in [-0.1, -0.05) is 6.07 Å². The van der Waals surface area contributed by atoms with E-state index in [2.05, 4.69) is 0 Å². The third-order valence-corrected chi connectivity index (χ3v) is 8.49. The Morgan fingerprint density at radius 3 is 2.21 bits per heavy atom. The van der Waals surface area contributed by atoms with Crippen LogP contribution < -0.4 is 4.74 Å². The molecule has 2 fully saturated rings. The molecular formula is C35H35O18+. The van der Waals surface area contributed by atoms with Gasteiger partial charge in [0.15, 0.2) is 35.4 Å². The Morgan fingerprint density at radius 1 is 0.774 bits per heavy atom. The molecule has 4 aromatic rings. The molecule has 9 atom stereocenters. The number of fused-ring (bicyclic) bond motifs is 1. The number of carbonyl (C=O) groups is 1. The lowest BCUT2D eigenvalue weighted by molar-refractivity contribution is -0.345. The Morgan fingerprint density at radius 2 is 1.49 bits per heavy atom. The summed E-state index contributed by atoms with van der Waals surface area (Å²) in [7, 11) is 0. The summed E-state index contributed by atoms with van der Waals surface area (Å²) in [5.41, 5.74) is 0.368. The highest BCUT2D eigenvalue weighted by Gasteiger charge is 2.51. The largest absolute Gasteiger partial charge is 0.507 e. The first-order valence-corrected chi connectivity index (χ1v) is 15.9. The minimum atomic E-state index is -1.93. The maximum atomic E-state index is 12.6. The first-order chi connectivity index (χ1) is 25.2. The summed E-state index contributed by atoms with van der Waals surface area (Å²) in [5.74, 6) is -4.01. The van der Waals surface area contributed by atoms with E-state index in [1.807, 2.05) is 0 Å². The van der Waals surface area contributed by atoms with E-state index >= 15 is 0 Å². The van der Waals surface area contributed by atoms with Crippen LogP contribution in [0.1, 0.15) is 5.56 Å². The molecule has 0 amide bonds. The van der Waals surface area contributed by atoms with E-state index in [9.17, 15) is 61.0 Å². The molecule has 0 radical (unpaired) electrons. The normalized spacial score (nSPS) is 27.5. The highest BCUT2D eigenvalue weighted by molar-refractivity contribution is 5.89. The molecular weight excluding hydrogens is 708 g/mol. The van der Waals surface area contributed by atoms with Crippen molar-refractivity contribution < 1.29 is 89.1 Å². The van der Waals surface area contributed by atoms with Crippen molar-refractivity contribution in [3.05, 3.63) is 66.2 Å². The van der Waals surface area contributed by atoms with Crippen LogP contribution in [0.2, 0.25) is 0 Å². The summed E-state index contributed by atoms with van der Waals surface area (Å²) in [6.07, 6.45) is -13.3. The molecule has 2 aliphatic rings. The lowest BCUT2D eigenvalue weighted by atomic mass is 9.98. The number of phenolic OH excluding ortho intramolecular Hbond substituents is 6. The summed E-state index contributed by atoms with van der Waals surface area (Å²) in [6, 6.07) is 10.8. The third kappa shape index (κ3) is 7.99. The molecule has 0 spiro atoms. The number of aliphatic hydroxyl groups is 5. The van der Waals surface area contributed by atoms with Gasteiger partial charge in [-0.3, -0.25) is 0 Å². The van der Waals surface area contributed by atoms with E-state index in [4.69, 9.17) is 28.1 Å². The zero-order valence-electron chi connectivity index (χ0n) is 27.2. The van der Waals surface area contributed by atoms with Crippen molar-refractivity contribution in [2.24, 2.45) is 0 Å². The van der Waals surface area contributed by atoms with Gasteiger partial charge in [0.25, 0.3) is 0 Å². The van der Waals surface area contributed by atoms with Crippen molar-refractivity contribution in [1.82, 2.24) is 0 Å². The second-order valence-electron chi connectivity index (χ2n) is 12.2. The minimum Gasteiger partial charge on any atom is -0.507 e. The van der Waals surface area contributed by atoms with Gasteiger partial charge in [-0.25, -0.2) is 9.21 Å². The van der Waals surface area contributed by atoms with Gasteiger partial charge in [0.1, 0.15) is 60.1 Å². The third-order valence-electron chi connectivity index (χ3n) is 8.49. The molecule has 0 aliphatic carbocycles. The number of hydrogen-bond donors (Lipinski definition) is 11. The van der Waals surface area contributed by atoms with Crippen LogP contribution >= 0.6 is 0 Å². The molecule has 18 heteroatoms. The predicted molar refractivity (Wildman–Crippen MR) is 176 cm³/mol. The molecule has 3 aromatic carbocycles. The van der Waals surface area contributed by atoms with Crippen LogP contribution in [0.25, 0.3) is 28.4 Å². The number of phenols is 6. The standard InChI is InChI=1S/C35H34O18/c36-16-9-20(39)17-11-25(32(50-24(17)10-16)15-3-5-19(38)22(41)8-15)51-35-33(53-34-31(47)28(44)23(42)12-49-34)30(46)29(45)26(52-35)13-48-27(43)6-2-14-1-4-18(37)21(40)7-14/h1-11,23,26,28-31,33-35,42,44-47H,12-13H2,(H5-,36,37,38,39,40,41,43)/p+1/t23-,26-,28+,29+,30+,31-,33-,34+,35-/m1/s1.